The number of unbranched alkanes of at least 4 members (excludes halogenated alkanes) is 1. The van der Waals surface area contributed by atoms with Gasteiger partial charge in [-0.2, -0.15) is 0 Å². The number of fused-ring (bicyclic) bond motifs is 1. The summed E-state index contributed by atoms with van der Waals surface area (Å²) in [6.07, 6.45) is 3.20. The van der Waals surface area contributed by atoms with E-state index < -0.39 is 0 Å². The highest BCUT2D eigenvalue weighted by Crippen LogP contribution is 2.26. The average Bonchev–Trinajstić information content (AvgIpc) is 2.27. The predicted molar refractivity (Wildman–Crippen MR) is 67.3 cm³/mol. The van der Waals surface area contributed by atoms with Crippen LogP contribution in [-0.2, 0) is 6.42 Å². The molecule has 0 bridgehead atoms. The molecule has 1 heteroatoms. The van der Waals surface area contributed by atoms with Crippen LogP contribution in [0.2, 0.25) is 5.02 Å². The highest BCUT2D eigenvalue weighted by atomic mass is 35.5. The summed E-state index contributed by atoms with van der Waals surface area (Å²) in [5.74, 6) is 0. The Labute approximate surface area is 95.9 Å². The Kier molecular flexibility index (Phi) is 3.27. The van der Waals surface area contributed by atoms with Gasteiger partial charge in [0.05, 0.1) is 0 Å². The third-order valence-corrected chi connectivity index (χ3v) is 2.98. The van der Waals surface area contributed by atoms with Crippen molar-refractivity contribution in [3.05, 3.63) is 53.9 Å². The molecule has 0 amide bonds. The van der Waals surface area contributed by atoms with Gasteiger partial charge in [0.2, 0.25) is 0 Å². The predicted octanol–water partition coefficient (Wildman–Crippen LogP) is 4.65. The fraction of sp³-hybridized carbons (Fsp3) is 0.214. The summed E-state index contributed by atoms with van der Waals surface area (Å²) >= 11 is 6.15. The summed E-state index contributed by atoms with van der Waals surface area (Å²) in [5, 5.41) is 3.27. The maximum Gasteiger partial charge on any atom is 0.0484 e. The van der Waals surface area contributed by atoms with Crippen molar-refractivity contribution in [2.75, 3.05) is 0 Å². The van der Waals surface area contributed by atoms with Crippen LogP contribution in [-0.4, -0.2) is 0 Å². The lowest BCUT2D eigenvalue weighted by Gasteiger charge is -2.06. The van der Waals surface area contributed by atoms with Crippen molar-refractivity contribution in [3.63, 3.8) is 0 Å². The fourth-order valence-electron chi connectivity index (χ4n) is 1.87. The molecule has 0 aliphatic carbocycles. The van der Waals surface area contributed by atoms with Gasteiger partial charge in [0.25, 0.3) is 0 Å². The van der Waals surface area contributed by atoms with Gasteiger partial charge in [-0.05, 0) is 29.9 Å². The molecule has 0 spiro atoms. The van der Waals surface area contributed by atoms with Crippen molar-refractivity contribution in [1.29, 1.82) is 0 Å². The second kappa shape index (κ2) is 4.67. The van der Waals surface area contributed by atoms with Crippen LogP contribution in [0.5, 0.6) is 0 Å². The van der Waals surface area contributed by atoms with E-state index in [1.54, 1.807) is 0 Å². The monoisotopic (exact) mass is 217 g/mol. The van der Waals surface area contributed by atoms with Gasteiger partial charge in [-0.1, -0.05) is 55.3 Å². The molecule has 0 heterocycles. The second-order valence-corrected chi connectivity index (χ2v) is 4.12. The lowest BCUT2D eigenvalue weighted by molar-refractivity contribution is 0.846. The van der Waals surface area contributed by atoms with E-state index in [-0.39, 0.29) is 0 Å². The number of hydrogen-bond donors (Lipinski definition) is 0. The highest BCUT2D eigenvalue weighted by molar-refractivity contribution is 6.35. The van der Waals surface area contributed by atoms with Crippen LogP contribution in [0.3, 0.4) is 0 Å². The quantitative estimate of drug-likeness (QED) is 0.702. The zero-order chi connectivity index (χ0) is 10.7. The molecular formula is C14H14Cl. The molecule has 0 aliphatic rings. The summed E-state index contributed by atoms with van der Waals surface area (Å²) in [5.41, 5.74) is 1.37. The molecule has 2 aromatic rings. The van der Waals surface area contributed by atoms with Gasteiger partial charge in [-0.3, -0.25) is 0 Å². The Balaban J connectivity index is 2.51. The van der Waals surface area contributed by atoms with E-state index >= 15 is 0 Å². The summed E-state index contributed by atoms with van der Waals surface area (Å²) in [7, 11) is 0. The first-order chi connectivity index (χ1) is 7.33. The van der Waals surface area contributed by atoms with Crippen LogP contribution in [0.4, 0.5) is 0 Å². The molecule has 0 saturated carbocycles. The molecule has 0 N–H and O–H groups in total. The van der Waals surface area contributed by atoms with Gasteiger partial charge in [0.15, 0.2) is 0 Å². The molecule has 2 aromatic carbocycles. The molecule has 0 atom stereocenters. The highest BCUT2D eigenvalue weighted by Gasteiger charge is 2.02. The topological polar surface area (TPSA) is 0 Å². The van der Waals surface area contributed by atoms with Crippen molar-refractivity contribution >= 4 is 22.4 Å². The smallest absolute Gasteiger partial charge is 0.0484 e. The minimum atomic E-state index is 0.837. The van der Waals surface area contributed by atoms with Crippen LogP contribution >= 0.6 is 11.6 Å². The molecule has 0 nitrogen and oxygen atoms in total. The van der Waals surface area contributed by atoms with E-state index in [2.05, 4.69) is 31.2 Å². The van der Waals surface area contributed by atoms with Crippen molar-refractivity contribution < 1.29 is 0 Å². The van der Waals surface area contributed by atoms with E-state index in [0.29, 0.717) is 0 Å². The van der Waals surface area contributed by atoms with Crippen LogP contribution in [0, 0.1) is 6.92 Å². The molecule has 0 fully saturated rings. The molecule has 15 heavy (non-hydrogen) atoms. The first-order valence-electron chi connectivity index (χ1n) is 5.28. The van der Waals surface area contributed by atoms with Gasteiger partial charge in [0.1, 0.15) is 0 Å². The molecule has 0 saturated heterocycles. The van der Waals surface area contributed by atoms with Crippen LogP contribution in [0.1, 0.15) is 18.4 Å². The maximum atomic E-state index is 6.15. The van der Waals surface area contributed by atoms with E-state index in [1.165, 1.54) is 10.9 Å². The standard InChI is InChI=1S/C14H14Cl/c1-2-3-6-11-7-4-9-13-12(11)8-5-10-14(13)15/h4-5,7-10H,1-3,6H2. The average molecular weight is 218 g/mol. The van der Waals surface area contributed by atoms with Gasteiger partial charge >= 0.3 is 0 Å². The lowest BCUT2D eigenvalue weighted by atomic mass is 10.0. The number of rotatable bonds is 3. The summed E-state index contributed by atoms with van der Waals surface area (Å²) in [4.78, 5) is 0. The molecule has 2 rings (SSSR count). The maximum absolute atomic E-state index is 6.15. The zero-order valence-corrected chi connectivity index (χ0v) is 9.43. The molecule has 1 radical (unpaired) electrons. The van der Waals surface area contributed by atoms with Crippen LogP contribution in [0.15, 0.2) is 36.4 Å². The minimum absolute atomic E-state index is 0.837. The number of hydrogen-bond acceptors (Lipinski definition) is 0. The van der Waals surface area contributed by atoms with Crippen molar-refractivity contribution in [1.82, 2.24) is 0 Å². The van der Waals surface area contributed by atoms with Crippen molar-refractivity contribution in [2.45, 2.75) is 19.3 Å². The SMILES string of the molecule is [CH2]CCCc1cccc2c(Cl)cccc12. The van der Waals surface area contributed by atoms with Crippen LogP contribution in [0.25, 0.3) is 10.8 Å². The molecule has 0 unspecified atom stereocenters. The van der Waals surface area contributed by atoms with Crippen molar-refractivity contribution in [2.24, 2.45) is 0 Å². The molecular weight excluding hydrogens is 204 g/mol. The number of aryl methyl sites for hydroxylation is 1. The fourth-order valence-corrected chi connectivity index (χ4v) is 2.11. The van der Waals surface area contributed by atoms with E-state index in [4.69, 9.17) is 11.6 Å². The Bertz CT molecular complexity index is 460. The molecule has 77 valence electrons. The Morgan fingerprint density at radius 1 is 1.00 bits per heavy atom. The number of halogens is 1. The van der Waals surface area contributed by atoms with Gasteiger partial charge in [-0.15, -0.1) is 0 Å². The third-order valence-electron chi connectivity index (χ3n) is 2.66. The summed E-state index contributed by atoms with van der Waals surface area (Å²) in [6, 6.07) is 12.4. The first-order valence-corrected chi connectivity index (χ1v) is 5.66. The van der Waals surface area contributed by atoms with E-state index in [1.807, 2.05) is 12.1 Å². The van der Waals surface area contributed by atoms with Gasteiger partial charge in [-0.25, -0.2) is 0 Å². The minimum Gasteiger partial charge on any atom is -0.0837 e. The molecule has 0 aliphatic heterocycles. The summed E-state index contributed by atoms with van der Waals surface area (Å²) in [6.45, 7) is 3.87. The van der Waals surface area contributed by atoms with Gasteiger partial charge < -0.3 is 0 Å². The Morgan fingerprint density at radius 3 is 2.53 bits per heavy atom. The van der Waals surface area contributed by atoms with Gasteiger partial charge in [0, 0.05) is 10.4 Å². The van der Waals surface area contributed by atoms with Crippen molar-refractivity contribution in [3.8, 4) is 0 Å². The third kappa shape index (κ3) is 2.15. The lowest BCUT2D eigenvalue weighted by Crippen LogP contribution is -1.87. The first kappa shape index (κ1) is 10.5. The van der Waals surface area contributed by atoms with E-state index in [0.717, 1.165) is 29.7 Å². The largest absolute Gasteiger partial charge is 0.0837 e. The zero-order valence-electron chi connectivity index (χ0n) is 8.67. The summed E-state index contributed by atoms with van der Waals surface area (Å²) < 4.78 is 0. The van der Waals surface area contributed by atoms with Crippen LogP contribution < -0.4 is 0 Å². The van der Waals surface area contributed by atoms with E-state index in [9.17, 15) is 0 Å². The normalized spacial score (nSPS) is 10.8. The Hall–Kier alpha value is -1.01. The Morgan fingerprint density at radius 2 is 1.73 bits per heavy atom. The number of benzene rings is 2. The molecule has 0 aromatic heterocycles. The second-order valence-electron chi connectivity index (χ2n) is 3.71.